The van der Waals surface area contributed by atoms with Crippen LogP contribution < -0.4 is 4.74 Å². The zero-order valence-electron chi connectivity index (χ0n) is 9.63. The first-order valence-corrected chi connectivity index (χ1v) is 5.83. The quantitative estimate of drug-likeness (QED) is 0.489. The van der Waals surface area contributed by atoms with Crippen LogP contribution in [-0.2, 0) is 0 Å². The smallest absolute Gasteiger partial charge is 0.311 e. The molecular formula is C11H7Cl2N3O3. The minimum Gasteiger partial charge on any atom is -0.431 e. The standard InChI is InChI=1S/C11H7Cl2N3O3/c1-6-10(13)14-5-15-11(6)19-9-4-7(12)2-3-8(9)16(17)18/h2-5H,1H3. The van der Waals surface area contributed by atoms with Crippen LogP contribution in [-0.4, -0.2) is 14.9 Å². The molecule has 0 aliphatic rings. The second kappa shape index (κ2) is 5.38. The summed E-state index contributed by atoms with van der Waals surface area (Å²) in [5, 5.41) is 11.4. The zero-order chi connectivity index (χ0) is 14.0. The van der Waals surface area contributed by atoms with E-state index in [1.54, 1.807) is 6.92 Å². The summed E-state index contributed by atoms with van der Waals surface area (Å²) < 4.78 is 5.40. The maximum Gasteiger partial charge on any atom is 0.311 e. The van der Waals surface area contributed by atoms with Crippen LogP contribution in [0.4, 0.5) is 5.69 Å². The summed E-state index contributed by atoms with van der Waals surface area (Å²) in [6.07, 6.45) is 1.21. The molecule has 0 atom stereocenters. The Morgan fingerprint density at radius 3 is 2.74 bits per heavy atom. The van der Waals surface area contributed by atoms with E-state index in [0.717, 1.165) is 0 Å². The zero-order valence-corrected chi connectivity index (χ0v) is 11.1. The van der Waals surface area contributed by atoms with Gasteiger partial charge in [-0.25, -0.2) is 9.97 Å². The molecule has 0 saturated carbocycles. The Labute approximate surface area is 118 Å². The van der Waals surface area contributed by atoms with Crippen molar-refractivity contribution in [2.24, 2.45) is 0 Å². The van der Waals surface area contributed by atoms with E-state index in [1.807, 2.05) is 0 Å². The number of hydrogen-bond donors (Lipinski definition) is 0. The average Bonchev–Trinajstić information content (AvgIpc) is 2.35. The predicted molar refractivity (Wildman–Crippen MR) is 70.0 cm³/mol. The second-order valence-corrected chi connectivity index (χ2v) is 4.36. The van der Waals surface area contributed by atoms with E-state index in [4.69, 9.17) is 27.9 Å². The number of nitro benzene ring substituents is 1. The molecule has 1 aromatic heterocycles. The molecule has 0 radical (unpaired) electrons. The predicted octanol–water partition coefficient (Wildman–Crippen LogP) is 3.79. The van der Waals surface area contributed by atoms with E-state index in [0.29, 0.717) is 10.6 Å². The Morgan fingerprint density at radius 2 is 2.05 bits per heavy atom. The topological polar surface area (TPSA) is 78.2 Å². The number of aromatic nitrogens is 2. The number of halogens is 2. The summed E-state index contributed by atoms with van der Waals surface area (Å²) >= 11 is 11.6. The normalized spacial score (nSPS) is 10.3. The molecule has 0 bridgehead atoms. The van der Waals surface area contributed by atoms with Gasteiger partial charge in [0.1, 0.15) is 11.5 Å². The highest BCUT2D eigenvalue weighted by molar-refractivity contribution is 6.31. The first kappa shape index (κ1) is 13.5. The van der Waals surface area contributed by atoms with Gasteiger partial charge >= 0.3 is 5.69 Å². The van der Waals surface area contributed by atoms with Crippen molar-refractivity contribution in [2.45, 2.75) is 6.92 Å². The number of ether oxygens (including phenoxy) is 1. The first-order valence-electron chi connectivity index (χ1n) is 5.08. The summed E-state index contributed by atoms with van der Waals surface area (Å²) in [6, 6.07) is 4.01. The lowest BCUT2D eigenvalue weighted by atomic mass is 10.3. The molecule has 19 heavy (non-hydrogen) atoms. The Morgan fingerprint density at radius 1 is 1.32 bits per heavy atom. The van der Waals surface area contributed by atoms with Crippen LogP contribution in [0.1, 0.15) is 5.56 Å². The summed E-state index contributed by atoms with van der Waals surface area (Å²) in [4.78, 5) is 18.0. The molecule has 2 aromatic rings. The first-order chi connectivity index (χ1) is 8.99. The molecule has 0 N–H and O–H groups in total. The lowest BCUT2D eigenvalue weighted by molar-refractivity contribution is -0.385. The van der Waals surface area contributed by atoms with Crippen molar-refractivity contribution in [2.75, 3.05) is 0 Å². The van der Waals surface area contributed by atoms with Gasteiger partial charge in [0.05, 0.1) is 4.92 Å². The fourth-order valence-corrected chi connectivity index (χ4v) is 1.63. The number of nitrogens with zero attached hydrogens (tertiary/aromatic N) is 3. The molecule has 0 saturated heterocycles. The van der Waals surface area contributed by atoms with Crippen LogP contribution in [0, 0.1) is 17.0 Å². The Balaban J connectivity index is 2.45. The molecule has 8 heteroatoms. The van der Waals surface area contributed by atoms with Crippen LogP contribution >= 0.6 is 23.2 Å². The van der Waals surface area contributed by atoms with Crippen LogP contribution in [0.2, 0.25) is 10.2 Å². The molecule has 0 aliphatic carbocycles. The number of benzene rings is 1. The van der Waals surface area contributed by atoms with Crippen LogP contribution in [0.3, 0.4) is 0 Å². The molecule has 0 unspecified atom stereocenters. The SMILES string of the molecule is Cc1c(Cl)ncnc1Oc1cc(Cl)ccc1[N+](=O)[O-]. The van der Waals surface area contributed by atoms with Gasteiger partial charge in [-0.2, -0.15) is 0 Å². The van der Waals surface area contributed by atoms with Gasteiger partial charge in [-0.1, -0.05) is 23.2 Å². The van der Waals surface area contributed by atoms with Gasteiger partial charge < -0.3 is 4.74 Å². The third kappa shape index (κ3) is 2.91. The van der Waals surface area contributed by atoms with Gasteiger partial charge in [-0.15, -0.1) is 0 Å². The summed E-state index contributed by atoms with van der Waals surface area (Å²) in [6.45, 7) is 1.65. The fourth-order valence-electron chi connectivity index (χ4n) is 1.34. The van der Waals surface area contributed by atoms with Gasteiger partial charge in [-0.3, -0.25) is 10.1 Å². The highest BCUT2D eigenvalue weighted by atomic mass is 35.5. The monoisotopic (exact) mass is 299 g/mol. The second-order valence-electron chi connectivity index (χ2n) is 3.57. The molecule has 6 nitrogen and oxygen atoms in total. The maximum absolute atomic E-state index is 10.9. The third-order valence-electron chi connectivity index (χ3n) is 2.30. The summed E-state index contributed by atoms with van der Waals surface area (Å²) in [5.74, 6) is 0.140. The van der Waals surface area contributed by atoms with E-state index in [2.05, 4.69) is 9.97 Å². The number of nitro groups is 1. The Hall–Kier alpha value is -1.92. The van der Waals surface area contributed by atoms with Crippen molar-refractivity contribution in [1.82, 2.24) is 9.97 Å². The minimum atomic E-state index is -0.566. The van der Waals surface area contributed by atoms with Crippen LogP contribution in [0.5, 0.6) is 11.6 Å². The van der Waals surface area contributed by atoms with Gasteiger partial charge in [0.15, 0.2) is 0 Å². The lowest BCUT2D eigenvalue weighted by Gasteiger charge is -2.08. The molecule has 0 fully saturated rings. The van der Waals surface area contributed by atoms with Crippen molar-refractivity contribution in [1.29, 1.82) is 0 Å². The van der Waals surface area contributed by atoms with Crippen LogP contribution in [0.25, 0.3) is 0 Å². The molecule has 1 aromatic carbocycles. The maximum atomic E-state index is 10.9. The van der Waals surface area contributed by atoms with Crippen molar-refractivity contribution < 1.29 is 9.66 Å². The van der Waals surface area contributed by atoms with Gasteiger partial charge in [0.25, 0.3) is 0 Å². The van der Waals surface area contributed by atoms with Crippen molar-refractivity contribution in [3.63, 3.8) is 0 Å². The molecule has 98 valence electrons. The molecule has 2 rings (SSSR count). The molecule has 0 amide bonds. The average molecular weight is 300 g/mol. The Kier molecular flexibility index (Phi) is 3.82. The summed E-state index contributed by atoms with van der Waals surface area (Å²) in [7, 11) is 0. The molecule has 0 aliphatic heterocycles. The summed E-state index contributed by atoms with van der Waals surface area (Å²) in [5.41, 5.74) is 0.275. The van der Waals surface area contributed by atoms with Crippen LogP contribution in [0.15, 0.2) is 24.5 Å². The molecule has 0 spiro atoms. The fraction of sp³-hybridized carbons (Fsp3) is 0.0909. The largest absolute Gasteiger partial charge is 0.431 e. The van der Waals surface area contributed by atoms with E-state index >= 15 is 0 Å². The van der Waals surface area contributed by atoms with Crippen molar-refractivity contribution in [3.8, 4) is 11.6 Å². The van der Waals surface area contributed by atoms with Crippen molar-refractivity contribution in [3.05, 3.63) is 50.4 Å². The highest BCUT2D eigenvalue weighted by Gasteiger charge is 2.18. The van der Waals surface area contributed by atoms with E-state index < -0.39 is 4.92 Å². The minimum absolute atomic E-state index is 0.00429. The number of rotatable bonds is 3. The van der Waals surface area contributed by atoms with Gasteiger partial charge in [0, 0.05) is 22.7 Å². The van der Waals surface area contributed by atoms with E-state index in [1.165, 1.54) is 24.5 Å². The van der Waals surface area contributed by atoms with E-state index in [-0.39, 0.29) is 22.5 Å². The van der Waals surface area contributed by atoms with Crippen molar-refractivity contribution >= 4 is 28.9 Å². The highest BCUT2D eigenvalue weighted by Crippen LogP contribution is 2.34. The van der Waals surface area contributed by atoms with E-state index in [9.17, 15) is 10.1 Å². The number of hydrogen-bond acceptors (Lipinski definition) is 5. The van der Waals surface area contributed by atoms with Gasteiger partial charge in [0.2, 0.25) is 11.6 Å². The third-order valence-corrected chi connectivity index (χ3v) is 2.92. The lowest BCUT2D eigenvalue weighted by Crippen LogP contribution is -1.97. The molecular weight excluding hydrogens is 293 g/mol. The Bertz CT molecular complexity index is 649. The van der Waals surface area contributed by atoms with Gasteiger partial charge in [-0.05, 0) is 13.0 Å². The molecule has 1 heterocycles.